The summed E-state index contributed by atoms with van der Waals surface area (Å²) in [6.45, 7) is 9.02. The lowest BCUT2D eigenvalue weighted by atomic mass is 9.84. The SMILES string of the molecule is CN=C(NCCN1CCN(C(=O)C2CCC2)CC1)NCc1ccc(C)cc1OCC1CC1.I. The third kappa shape index (κ3) is 7.73. The van der Waals surface area contributed by atoms with Crippen molar-refractivity contribution in [1.29, 1.82) is 0 Å². The van der Waals surface area contributed by atoms with E-state index in [1.807, 2.05) is 0 Å². The number of hydrogen-bond acceptors (Lipinski definition) is 4. The number of halogens is 1. The standard InChI is InChI=1S/C25H39N5O2.HI/c1-19-6-9-22(23(16-19)32-18-20-7-8-20)17-28-25(26-2)27-10-11-29-12-14-30(15-13-29)24(31)21-4-3-5-21;/h6,9,16,20-21H,3-5,7-8,10-15,17-18H2,1-2H3,(H2,26,27,28);1H. The summed E-state index contributed by atoms with van der Waals surface area (Å²) in [7, 11) is 1.81. The van der Waals surface area contributed by atoms with Gasteiger partial charge in [-0.05, 0) is 50.2 Å². The number of aryl methyl sites for hydroxylation is 1. The molecule has 2 saturated carbocycles. The van der Waals surface area contributed by atoms with Crippen LogP contribution in [-0.2, 0) is 11.3 Å². The van der Waals surface area contributed by atoms with Crippen LogP contribution in [0, 0.1) is 18.8 Å². The monoisotopic (exact) mass is 569 g/mol. The van der Waals surface area contributed by atoms with Gasteiger partial charge in [-0.3, -0.25) is 14.7 Å². The highest BCUT2D eigenvalue weighted by molar-refractivity contribution is 14.0. The number of guanidine groups is 1. The molecule has 0 spiro atoms. The van der Waals surface area contributed by atoms with E-state index in [4.69, 9.17) is 4.74 Å². The molecule has 33 heavy (non-hydrogen) atoms. The number of amides is 1. The van der Waals surface area contributed by atoms with Crippen LogP contribution >= 0.6 is 24.0 Å². The molecule has 1 amide bonds. The van der Waals surface area contributed by atoms with Gasteiger partial charge < -0.3 is 20.3 Å². The lowest BCUT2D eigenvalue weighted by Gasteiger charge is -2.38. The Morgan fingerprint density at radius 1 is 1.12 bits per heavy atom. The molecule has 7 nitrogen and oxygen atoms in total. The fraction of sp³-hybridized carbons (Fsp3) is 0.680. The summed E-state index contributed by atoms with van der Waals surface area (Å²) >= 11 is 0. The van der Waals surface area contributed by atoms with Gasteiger partial charge in [-0.1, -0.05) is 18.6 Å². The summed E-state index contributed by atoms with van der Waals surface area (Å²) < 4.78 is 6.08. The number of nitrogens with zero attached hydrogens (tertiary/aromatic N) is 3. The molecule has 1 aromatic carbocycles. The van der Waals surface area contributed by atoms with Gasteiger partial charge in [0.2, 0.25) is 5.91 Å². The summed E-state index contributed by atoms with van der Waals surface area (Å²) in [6.07, 6.45) is 5.98. The maximum absolute atomic E-state index is 12.4. The van der Waals surface area contributed by atoms with Gasteiger partial charge >= 0.3 is 0 Å². The third-order valence-electron chi connectivity index (χ3n) is 6.92. The van der Waals surface area contributed by atoms with Crippen molar-refractivity contribution in [3.05, 3.63) is 29.3 Å². The molecule has 0 aromatic heterocycles. The first-order valence-electron chi connectivity index (χ1n) is 12.3. The van der Waals surface area contributed by atoms with Crippen LogP contribution in [0.15, 0.2) is 23.2 Å². The van der Waals surface area contributed by atoms with E-state index < -0.39 is 0 Å². The zero-order chi connectivity index (χ0) is 22.3. The lowest BCUT2D eigenvalue weighted by molar-refractivity contribution is -0.139. The molecule has 2 aliphatic carbocycles. The molecule has 1 heterocycles. The Morgan fingerprint density at radius 2 is 1.88 bits per heavy atom. The minimum absolute atomic E-state index is 0. The van der Waals surface area contributed by atoms with E-state index in [1.54, 1.807) is 7.05 Å². The minimum Gasteiger partial charge on any atom is -0.493 e. The summed E-state index contributed by atoms with van der Waals surface area (Å²) in [5.41, 5.74) is 2.38. The van der Waals surface area contributed by atoms with Gasteiger partial charge in [0, 0.05) is 64.3 Å². The quantitative estimate of drug-likeness (QED) is 0.272. The van der Waals surface area contributed by atoms with E-state index in [2.05, 4.69) is 50.5 Å². The molecule has 0 atom stereocenters. The fourth-order valence-electron chi connectivity index (χ4n) is 4.27. The Morgan fingerprint density at radius 3 is 2.52 bits per heavy atom. The number of carbonyl (C=O) groups excluding carboxylic acids is 1. The van der Waals surface area contributed by atoms with Gasteiger partial charge in [0.15, 0.2) is 5.96 Å². The number of ether oxygens (including phenoxy) is 1. The molecule has 0 radical (unpaired) electrons. The Hall–Kier alpha value is -1.55. The number of nitrogens with one attached hydrogen (secondary N) is 2. The average molecular weight is 570 g/mol. The molecular formula is C25H40IN5O2. The Kier molecular flexibility index (Phi) is 10.1. The first-order valence-corrected chi connectivity index (χ1v) is 12.3. The number of carbonyl (C=O) groups is 1. The summed E-state index contributed by atoms with van der Waals surface area (Å²) in [5, 5.41) is 6.85. The van der Waals surface area contributed by atoms with Crippen molar-refractivity contribution in [3.8, 4) is 5.75 Å². The molecule has 1 aromatic rings. The largest absolute Gasteiger partial charge is 0.493 e. The number of aliphatic imine (C=N–C) groups is 1. The second-order valence-electron chi connectivity index (χ2n) is 9.51. The topological polar surface area (TPSA) is 69.2 Å². The Labute approximate surface area is 215 Å². The Balaban J connectivity index is 0.00000306. The zero-order valence-electron chi connectivity index (χ0n) is 20.1. The van der Waals surface area contributed by atoms with Gasteiger partial charge in [-0.25, -0.2) is 0 Å². The first-order chi connectivity index (χ1) is 15.6. The van der Waals surface area contributed by atoms with Crippen LogP contribution in [0.4, 0.5) is 0 Å². The zero-order valence-corrected chi connectivity index (χ0v) is 22.5. The molecule has 8 heteroatoms. The molecule has 0 bridgehead atoms. The maximum atomic E-state index is 12.4. The number of rotatable bonds is 9. The maximum Gasteiger partial charge on any atom is 0.225 e. The van der Waals surface area contributed by atoms with Crippen LogP contribution in [0.2, 0.25) is 0 Å². The van der Waals surface area contributed by atoms with Crippen molar-refractivity contribution < 1.29 is 9.53 Å². The highest BCUT2D eigenvalue weighted by Crippen LogP contribution is 2.31. The Bertz CT molecular complexity index is 802. The third-order valence-corrected chi connectivity index (χ3v) is 6.92. The van der Waals surface area contributed by atoms with E-state index >= 15 is 0 Å². The van der Waals surface area contributed by atoms with E-state index in [1.165, 1.54) is 24.8 Å². The predicted octanol–water partition coefficient (Wildman–Crippen LogP) is 3.01. The number of benzene rings is 1. The molecule has 4 rings (SSSR count). The molecule has 3 aliphatic rings. The second-order valence-corrected chi connectivity index (χ2v) is 9.51. The number of hydrogen-bond donors (Lipinski definition) is 2. The van der Waals surface area contributed by atoms with Gasteiger partial charge in [-0.15, -0.1) is 24.0 Å². The van der Waals surface area contributed by atoms with E-state index in [-0.39, 0.29) is 24.0 Å². The van der Waals surface area contributed by atoms with E-state index in [0.29, 0.717) is 18.4 Å². The van der Waals surface area contributed by atoms with Crippen LogP contribution in [-0.4, -0.2) is 74.6 Å². The smallest absolute Gasteiger partial charge is 0.225 e. The minimum atomic E-state index is 0. The predicted molar refractivity (Wildman–Crippen MR) is 143 cm³/mol. The van der Waals surface area contributed by atoms with Gasteiger partial charge in [0.05, 0.1) is 6.61 Å². The molecule has 2 N–H and O–H groups in total. The van der Waals surface area contributed by atoms with Crippen LogP contribution < -0.4 is 15.4 Å². The van der Waals surface area contributed by atoms with Crippen molar-refractivity contribution in [1.82, 2.24) is 20.4 Å². The van der Waals surface area contributed by atoms with Crippen molar-refractivity contribution >= 4 is 35.8 Å². The van der Waals surface area contributed by atoms with Crippen LogP contribution in [0.1, 0.15) is 43.2 Å². The molecule has 0 unspecified atom stereocenters. The normalized spacial score (nSPS) is 19.5. The fourth-order valence-corrected chi connectivity index (χ4v) is 4.27. The molecule has 1 saturated heterocycles. The van der Waals surface area contributed by atoms with Crippen LogP contribution in [0.5, 0.6) is 5.75 Å². The van der Waals surface area contributed by atoms with E-state index in [9.17, 15) is 4.79 Å². The molecule has 184 valence electrons. The van der Waals surface area contributed by atoms with Crippen molar-refractivity contribution in [2.75, 3.05) is 52.9 Å². The van der Waals surface area contributed by atoms with Crippen LogP contribution in [0.25, 0.3) is 0 Å². The molecular weight excluding hydrogens is 529 g/mol. The van der Waals surface area contributed by atoms with Crippen LogP contribution in [0.3, 0.4) is 0 Å². The van der Waals surface area contributed by atoms with Gasteiger partial charge in [0.25, 0.3) is 0 Å². The van der Waals surface area contributed by atoms with E-state index in [0.717, 1.165) is 81.9 Å². The van der Waals surface area contributed by atoms with Gasteiger partial charge in [0.1, 0.15) is 5.75 Å². The average Bonchev–Trinajstić information content (AvgIpc) is 3.59. The first kappa shape index (κ1) is 26.1. The lowest BCUT2D eigenvalue weighted by Crippen LogP contribution is -2.52. The highest BCUT2D eigenvalue weighted by atomic mass is 127. The second kappa shape index (κ2) is 12.8. The molecule has 1 aliphatic heterocycles. The summed E-state index contributed by atoms with van der Waals surface area (Å²) in [4.78, 5) is 21.3. The van der Waals surface area contributed by atoms with Crippen molar-refractivity contribution in [2.24, 2.45) is 16.8 Å². The molecule has 3 fully saturated rings. The number of piperazine rings is 1. The van der Waals surface area contributed by atoms with Crippen molar-refractivity contribution in [2.45, 2.75) is 45.6 Å². The van der Waals surface area contributed by atoms with Crippen molar-refractivity contribution in [3.63, 3.8) is 0 Å². The summed E-state index contributed by atoms with van der Waals surface area (Å²) in [6, 6.07) is 6.40. The van der Waals surface area contributed by atoms with Gasteiger partial charge in [-0.2, -0.15) is 0 Å². The highest BCUT2D eigenvalue weighted by Gasteiger charge is 2.31. The summed E-state index contributed by atoms with van der Waals surface area (Å²) in [5.74, 6) is 3.22.